The molecule has 0 atom stereocenters. The smallest absolute Gasteiger partial charge is 0.186 e. The third-order valence-electron chi connectivity index (χ3n) is 3.23. The van der Waals surface area contributed by atoms with Gasteiger partial charge in [-0.1, -0.05) is 65.4 Å². The van der Waals surface area contributed by atoms with E-state index in [1.807, 2.05) is 12.1 Å². The first kappa shape index (κ1) is 17.1. The Morgan fingerprint density at radius 3 is 1.75 bits per heavy atom. The van der Waals surface area contributed by atoms with Crippen molar-refractivity contribution in [1.82, 2.24) is 0 Å². The van der Waals surface area contributed by atoms with Gasteiger partial charge in [0.05, 0.1) is 0 Å². The Morgan fingerprint density at radius 2 is 1.45 bits per heavy atom. The van der Waals surface area contributed by atoms with Crippen molar-refractivity contribution in [3.05, 3.63) is 28.8 Å². The Balaban J connectivity index is 3.38. The van der Waals surface area contributed by atoms with Crippen LogP contribution < -0.4 is 0 Å². The fourth-order valence-electron chi connectivity index (χ4n) is 2.11. The van der Waals surface area contributed by atoms with Crippen molar-refractivity contribution >= 4 is 16.9 Å². The molecule has 1 aromatic carbocycles. The van der Waals surface area contributed by atoms with E-state index in [1.165, 1.54) is 11.8 Å². The van der Waals surface area contributed by atoms with Crippen molar-refractivity contribution in [2.24, 2.45) is 0 Å². The van der Waals surface area contributed by atoms with Gasteiger partial charge in [0.2, 0.25) is 0 Å². The molecule has 0 amide bonds. The van der Waals surface area contributed by atoms with E-state index < -0.39 is 0 Å². The van der Waals surface area contributed by atoms with Crippen LogP contribution in [0, 0.1) is 0 Å². The maximum Gasteiger partial charge on any atom is 0.186 e. The molecule has 0 saturated heterocycles. The van der Waals surface area contributed by atoms with E-state index in [-0.39, 0.29) is 15.9 Å². The lowest BCUT2D eigenvalue weighted by Crippen LogP contribution is -2.17. The van der Waals surface area contributed by atoms with Gasteiger partial charge in [0.1, 0.15) is 5.75 Å². The highest BCUT2D eigenvalue weighted by molar-refractivity contribution is 8.12. The van der Waals surface area contributed by atoms with Crippen LogP contribution in [0.15, 0.2) is 12.1 Å². The number of rotatable bonds is 2. The average molecular weight is 294 g/mol. The molecule has 0 fully saturated rings. The number of aromatic hydroxyl groups is 1. The molecule has 0 aliphatic heterocycles. The largest absolute Gasteiger partial charge is 0.507 e. The minimum Gasteiger partial charge on any atom is -0.507 e. The molecule has 20 heavy (non-hydrogen) atoms. The third-order valence-corrected chi connectivity index (χ3v) is 4.11. The summed E-state index contributed by atoms with van der Waals surface area (Å²) in [6.45, 7) is 14.1. The predicted octanol–water partition coefficient (Wildman–Crippen LogP) is 4.77. The molecule has 0 radical (unpaired) electrons. The number of hydrogen-bond donors (Lipinski definition) is 1. The van der Waals surface area contributed by atoms with Gasteiger partial charge in [-0.25, -0.2) is 0 Å². The second kappa shape index (κ2) is 5.80. The van der Waals surface area contributed by atoms with Crippen LogP contribution in [0.3, 0.4) is 0 Å². The molecule has 0 heterocycles. The number of thioether (sulfide) groups is 1. The molecule has 2 nitrogen and oxygen atoms in total. The quantitative estimate of drug-likeness (QED) is 0.854. The van der Waals surface area contributed by atoms with Crippen LogP contribution in [-0.2, 0) is 21.4 Å². The average Bonchev–Trinajstić information content (AvgIpc) is 2.24. The zero-order chi connectivity index (χ0) is 15.7. The number of benzene rings is 1. The highest BCUT2D eigenvalue weighted by Crippen LogP contribution is 2.40. The summed E-state index contributed by atoms with van der Waals surface area (Å²) in [6.07, 6.45) is 0. The second-order valence-electron chi connectivity index (χ2n) is 7.32. The Labute approximate surface area is 127 Å². The van der Waals surface area contributed by atoms with Crippen molar-refractivity contribution in [3.8, 4) is 5.75 Å². The van der Waals surface area contributed by atoms with Crippen LogP contribution in [0.4, 0.5) is 0 Å². The monoisotopic (exact) mass is 294 g/mol. The highest BCUT2D eigenvalue weighted by atomic mass is 32.2. The van der Waals surface area contributed by atoms with Crippen LogP contribution in [0.1, 0.15) is 65.2 Å². The van der Waals surface area contributed by atoms with E-state index >= 15 is 0 Å². The Bertz CT molecular complexity index is 470. The fourth-order valence-corrected chi connectivity index (χ4v) is 2.64. The first-order valence-electron chi connectivity index (χ1n) is 6.93. The summed E-state index contributed by atoms with van der Waals surface area (Å²) in [5.74, 6) is 1.04. The molecule has 0 bridgehead atoms. The van der Waals surface area contributed by atoms with Gasteiger partial charge < -0.3 is 5.11 Å². The zero-order valence-electron chi connectivity index (χ0n) is 13.6. The lowest BCUT2D eigenvalue weighted by Gasteiger charge is -2.28. The van der Waals surface area contributed by atoms with Crippen LogP contribution >= 0.6 is 11.8 Å². The van der Waals surface area contributed by atoms with E-state index in [0.29, 0.717) is 11.5 Å². The number of hydrogen-bond acceptors (Lipinski definition) is 3. The topological polar surface area (TPSA) is 37.3 Å². The Kier molecular flexibility index (Phi) is 4.96. The molecule has 1 rings (SSSR count). The molecule has 3 heteroatoms. The van der Waals surface area contributed by atoms with Crippen LogP contribution in [0.25, 0.3) is 0 Å². The van der Waals surface area contributed by atoms with E-state index in [9.17, 15) is 9.90 Å². The Morgan fingerprint density at radius 1 is 1.05 bits per heavy atom. The number of phenols is 1. The normalized spacial score (nSPS) is 12.6. The van der Waals surface area contributed by atoms with Gasteiger partial charge in [0, 0.05) is 12.7 Å². The molecule has 0 aromatic heterocycles. The van der Waals surface area contributed by atoms with Crippen molar-refractivity contribution < 1.29 is 9.90 Å². The van der Waals surface area contributed by atoms with Crippen molar-refractivity contribution in [1.29, 1.82) is 0 Å². The fraction of sp³-hybridized carbons (Fsp3) is 0.588. The number of carbonyl (C=O) groups is 1. The second-order valence-corrected chi connectivity index (χ2v) is 8.47. The lowest BCUT2D eigenvalue weighted by atomic mass is 9.78. The van der Waals surface area contributed by atoms with E-state index in [2.05, 4.69) is 41.5 Å². The summed E-state index contributed by atoms with van der Waals surface area (Å²) in [4.78, 5) is 11.2. The number of carbonyl (C=O) groups excluding carboxylic acids is 1. The molecular formula is C17H26O2S. The summed E-state index contributed by atoms with van der Waals surface area (Å²) in [7, 11) is 0. The van der Waals surface area contributed by atoms with Gasteiger partial charge in [0.15, 0.2) is 5.12 Å². The minimum atomic E-state index is -0.124. The Hall–Kier alpha value is -0.960. The lowest BCUT2D eigenvalue weighted by molar-refractivity contribution is -0.109. The van der Waals surface area contributed by atoms with E-state index in [1.54, 1.807) is 6.92 Å². The maximum atomic E-state index is 11.2. The zero-order valence-corrected chi connectivity index (χ0v) is 14.4. The minimum absolute atomic E-state index is 0.118. The number of phenolic OH excluding ortho intramolecular Hbond substituents is 1. The van der Waals surface area contributed by atoms with Gasteiger partial charge >= 0.3 is 0 Å². The molecule has 0 aliphatic carbocycles. The SMILES string of the molecule is CC(=O)SCc1cc(C(C)(C)C)c(O)c(C(C)(C)C)c1. The van der Waals surface area contributed by atoms with Crippen LogP contribution in [0.5, 0.6) is 5.75 Å². The summed E-state index contributed by atoms with van der Waals surface area (Å²) >= 11 is 1.31. The van der Waals surface area contributed by atoms with Gasteiger partial charge in [-0.05, 0) is 27.5 Å². The highest BCUT2D eigenvalue weighted by Gasteiger charge is 2.26. The van der Waals surface area contributed by atoms with Crippen molar-refractivity contribution in [2.75, 3.05) is 0 Å². The molecule has 1 N–H and O–H groups in total. The van der Waals surface area contributed by atoms with Gasteiger partial charge in [-0.2, -0.15) is 0 Å². The molecule has 0 unspecified atom stereocenters. The molecule has 112 valence electrons. The van der Waals surface area contributed by atoms with E-state index in [0.717, 1.165) is 16.7 Å². The first-order valence-corrected chi connectivity index (χ1v) is 7.91. The first-order chi connectivity index (χ1) is 8.93. The summed E-state index contributed by atoms with van der Waals surface area (Å²) in [6, 6.07) is 4.06. The van der Waals surface area contributed by atoms with Gasteiger partial charge in [-0.3, -0.25) is 4.79 Å². The molecule has 0 spiro atoms. The standard InChI is InChI=1S/C17H26O2S/c1-11(18)20-10-12-8-13(16(2,3)4)15(19)14(9-12)17(5,6)7/h8-9,19H,10H2,1-7H3. The summed E-state index contributed by atoms with van der Waals surface area (Å²) in [5, 5.41) is 10.7. The molecule has 0 saturated carbocycles. The van der Waals surface area contributed by atoms with Crippen molar-refractivity contribution in [2.45, 2.75) is 65.0 Å². The van der Waals surface area contributed by atoms with Crippen LogP contribution in [0.2, 0.25) is 0 Å². The van der Waals surface area contributed by atoms with E-state index in [4.69, 9.17) is 0 Å². The summed E-state index contributed by atoms with van der Waals surface area (Å²) < 4.78 is 0. The predicted molar refractivity (Wildman–Crippen MR) is 87.5 cm³/mol. The maximum absolute atomic E-state index is 11.2. The van der Waals surface area contributed by atoms with Gasteiger partial charge in [0.25, 0.3) is 0 Å². The van der Waals surface area contributed by atoms with Crippen molar-refractivity contribution in [3.63, 3.8) is 0 Å². The molecule has 1 aromatic rings. The molecule has 0 aliphatic rings. The molecular weight excluding hydrogens is 268 g/mol. The summed E-state index contributed by atoms with van der Waals surface area (Å²) in [5.41, 5.74) is 2.74. The third kappa shape index (κ3) is 4.27. The van der Waals surface area contributed by atoms with Crippen LogP contribution in [-0.4, -0.2) is 10.2 Å². The van der Waals surface area contributed by atoms with Gasteiger partial charge in [-0.15, -0.1) is 0 Å².